The first kappa shape index (κ1) is 12.8. The van der Waals surface area contributed by atoms with Gasteiger partial charge in [0, 0.05) is 23.5 Å². The van der Waals surface area contributed by atoms with Crippen molar-refractivity contribution in [3.8, 4) is 0 Å². The lowest BCUT2D eigenvalue weighted by molar-refractivity contribution is 0.0806. The van der Waals surface area contributed by atoms with Crippen LogP contribution in [0.2, 0.25) is 0 Å². The van der Waals surface area contributed by atoms with Crippen LogP contribution in [0.25, 0.3) is 10.8 Å². The number of rotatable bonds is 5. The van der Waals surface area contributed by atoms with E-state index >= 15 is 0 Å². The summed E-state index contributed by atoms with van der Waals surface area (Å²) >= 11 is 0. The Balaban J connectivity index is 2.22. The van der Waals surface area contributed by atoms with Gasteiger partial charge in [-0.05, 0) is 11.5 Å². The van der Waals surface area contributed by atoms with E-state index in [9.17, 15) is 10.2 Å². The number of benzene rings is 1. The van der Waals surface area contributed by atoms with Crippen LogP contribution in [0.15, 0.2) is 36.5 Å². The van der Waals surface area contributed by atoms with Gasteiger partial charge in [0.25, 0.3) is 0 Å². The van der Waals surface area contributed by atoms with Gasteiger partial charge in [0.2, 0.25) is 0 Å². The fraction of sp³-hybridized carbons (Fsp3) is 0.357. The molecule has 4 heteroatoms. The zero-order valence-corrected chi connectivity index (χ0v) is 10.4. The van der Waals surface area contributed by atoms with Crippen molar-refractivity contribution in [1.29, 1.82) is 0 Å². The van der Waals surface area contributed by atoms with Gasteiger partial charge in [-0.1, -0.05) is 31.2 Å². The lowest BCUT2D eigenvalue weighted by atomic mass is 9.93. The maximum atomic E-state index is 9.26. The summed E-state index contributed by atoms with van der Waals surface area (Å²) in [6, 6.07) is 9.93. The maximum absolute atomic E-state index is 9.26. The molecule has 2 rings (SSSR count). The molecule has 0 fully saturated rings. The zero-order chi connectivity index (χ0) is 13.0. The molecule has 2 aromatic rings. The average Bonchev–Trinajstić information content (AvgIpc) is 2.44. The number of aromatic nitrogens is 1. The summed E-state index contributed by atoms with van der Waals surface area (Å²) in [5, 5.41) is 23.9. The summed E-state index contributed by atoms with van der Waals surface area (Å²) in [6.07, 6.45) is 1.75. The number of pyridine rings is 1. The van der Waals surface area contributed by atoms with Gasteiger partial charge in [-0.15, -0.1) is 0 Å². The van der Waals surface area contributed by atoms with Gasteiger partial charge in [0.05, 0.1) is 13.2 Å². The lowest BCUT2D eigenvalue weighted by Gasteiger charge is -2.25. The molecule has 1 aromatic carbocycles. The molecule has 0 spiro atoms. The Morgan fingerprint density at radius 2 is 1.89 bits per heavy atom. The third-order valence-electron chi connectivity index (χ3n) is 3.12. The van der Waals surface area contributed by atoms with E-state index in [0.717, 1.165) is 16.6 Å². The second kappa shape index (κ2) is 5.33. The topological polar surface area (TPSA) is 65.4 Å². The highest BCUT2D eigenvalue weighted by Gasteiger charge is 2.22. The van der Waals surface area contributed by atoms with E-state index in [4.69, 9.17) is 0 Å². The maximum Gasteiger partial charge on any atom is 0.133 e. The first-order valence-electron chi connectivity index (χ1n) is 5.98. The van der Waals surface area contributed by atoms with Gasteiger partial charge in [-0.25, -0.2) is 4.98 Å². The smallest absolute Gasteiger partial charge is 0.133 e. The third-order valence-corrected chi connectivity index (χ3v) is 3.12. The van der Waals surface area contributed by atoms with Crippen molar-refractivity contribution in [2.75, 3.05) is 25.1 Å². The van der Waals surface area contributed by atoms with Crippen LogP contribution in [0.5, 0.6) is 0 Å². The Kier molecular flexibility index (Phi) is 3.79. The molecule has 0 atom stereocenters. The number of fused-ring (bicyclic) bond motifs is 1. The Bertz CT molecular complexity index is 519. The van der Waals surface area contributed by atoms with E-state index in [-0.39, 0.29) is 13.2 Å². The van der Waals surface area contributed by atoms with Crippen LogP contribution in [0.1, 0.15) is 6.92 Å². The minimum atomic E-state index is -0.543. The van der Waals surface area contributed by atoms with E-state index in [2.05, 4.69) is 10.3 Å². The molecule has 0 unspecified atom stereocenters. The number of anilines is 1. The predicted octanol–water partition coefficient (Wildman–Crippen LogP) is 1.64. The van der Waals surface area contributed by atoms with E-state index < -0.39 is 5.41 Å². The zero-order valence-electron chi connectivity index (χ0n) is 10.4. The third kappa shape index (κ3) is 2.60. The van der Waals surface area contributed by atoms with E-state index in [0.29, 0.717) is 6.54 Å². The standard InChI is InChI=1S/C14H18N2O2/c1-14(9-17,10-18)8-16-13-12-5-3-2-4-11(12)6-7-15-13/h2-7,17-18H,8-10H2,1H3,(H,15,16). The molecule has 4 nitrogen and oxygen atoms in total. The lowest BCUT2D eigenvalue weighted by Crippen LogP contribution is -2.34. The highest BCUT2D eigenvalue weighted by atomic mass is 16.3. The highest BCUT2D eigenvalue weighted by Crippen LogP contribution is 2.22. The molecule has 0 aliphatic rings. The SMILES string of the molecule is CC(CO)(CO)CNc1nccc2ccccc12. The first-order valence-corrected chi connectivity index (χ1v) is 5.98. The second-order valence-corrected chi connectivity index (χ2v) is 4.86. The van der Waals surface area contributed by atoms with Crippen LogP contribution in [0.3, 0.4) is 0 Å². The highest BCUT2D eigenvalue weighted by molar-refractivity contribution is 5.91. The Labute approximate surface area is 106 Å². The van der Waals surface area contributed by atoms with Crippen LogP contribution < -0.4 is 5.32 Å². The van der Waals surface area contributed by atoms with Gasteiger partial charge < -0.3 is 15.5 Å². The van der Waals surface area contributed by atoms with E-state index in [1.54, 1.807) is 6.20 Å². The van der Waals surface area contributed by atoms with Crippen molar-refractivity contribution in [3.63, 3.8) is 0 Å². The monoisotopic (exact) mass is 246 g/mol. The Morgan fingerprint density at radius 1 is 1.17 bits per heavy atom. The minimum absolute atomic E-state index is 0.0682. The summed E-state index contributed by atoms with van der Waals surface area (Å²) < 4.78 is 0. The van der Waals surface area contributed by atoms with E-state index in [1.165, 1.54) is 0 Å². The molecule has 0 saturated heterocycles. The van der Waals surface area contributed by atoms with Gasteiger partial charge in [0.15, 0.2) is 0 Å². The van der Waals surface area contributed by atoms with Gasteiger partial charge >= 0.3 is 0 Å². The van der Waals surface area contributed by atoms with Gasteiger partial charge in [-0.3, -0.25) is 0 Å². The molecule has 0 aliphatic carbocycles. The summed E-state index contributed by atoms with van der Waals surface area (Å²) in [7, 11) is 0. The van der Waals surface area contributed by atoms with Crippen molar-refractivity contribution in [2.24, 2.45) is 5.41 Å². The van der Waals surface area contributed by atoms with Crippen molar-refractivity contribution in [3.05, 3.63) is 36.5 Å². The summed E-state index contributed by atoms with van der Waals surface area (Å²) in [4.78, 5) is 4.30. The molecular formula is C14H18N2O2. The second-order valence-electron chi connectivity index (χ2n) is 4.86. The number of aliphatic hydroxyl groups excluding tert-OH is 2. The fourth-order valence-corrected chi connectivity index (χ4v) is 1.72. The van der Waals surface area contributed by atoms with Crippen molar-refractivity contribution < 1.29 is 10.2 Å². The molecule has 18 heavy (non-hydrogen) atoms. The first-order chi connectivity index (χ1) is 8.68. The Hall–Kier alpha value is -1.65. The molecule has 0 aliphatic heterocycles. The molecule has 3 N–H and O–H groups in total. The van der Waals surface area contributed by atoms with E-state index in [1.807, 2.05) is 37.3 Å². The molecule has 0 radical (unpaired) electrons. The van der Waals surface area contributed by atoms with Crippen molar-refractivity contribution in [1.82, 2.24) is 4.98 Å². The molecular weight excluding hydrogens is 228 g/mol. The average molecular weight is 246 g/mol. The summed E-state index contributed by atoms with van der Waals surface area (Å²) in [5.74, 6) is 0.779. The van der Waals surface area contributed by atoms with Crippen LogP contribution in [0, 0.1) is 5.41 Å². The number of aliphatic hydroxyl groups is 2. The molecule has 1 aromatic heterocycles. The summed E-state index contributed by atoms with van der Waals surface area (Å²) in [5.41, 5.74) is -0.543. The molecule has 96 valence electrons. The number of nitrogens with zero attached hydrogens (tertiary/aromatic N) is 1. The number of hydrogen-bond acceptors (Lipinski definition) is 4. The van der Waals surface area contributed by atoms with Crippen molar-refractivity contribution >= 4 is 16.6 Å². The normalized spacial score (nSPS) is 11.7. The minimum Gasteiger partial charge on any atom is -0.396 e. The summed E-state index contributed by atoms with van der Waals surface area (Å²) in [6.45, 7) is 2.16. The quantitative estimate of drug-likeness (QED) is 0.750. The van der Waals surface area contributed by atoms with Crippen LogP contribution in [-0.4, -0.2) is 35.0 Å². The molecule has 0 amide bonds. The predicted molar refractivity (Wildman–Crippen MR) is 72.5 cm³/mol. The largest absolute Gasteiger partial charge is 0.396 e. The molecule has 0 saturated carbocycles. The van der Waals surface area contributed by atoms with Crippen LogP contribution in [0.4, 0.5) is 5.82 Å². The van der Waals surface area contributed by atoms with Crippen molar-refractivity contribution in [2.45, 2.75) is 6.92 Å². The van der Waals surface area contributed by atoms with Crippen LogP contribution >= 0.6 is 0 Å². The van der Waals surface area contributed by atoms with Gasteiger partial charge in [-0.2, -0.15) is 0 Å². The van der Waals surface area contributed by atoms with Gasteiger partial charge in [0.1, 0.15) is 5.82 Å². The number of nitrogens with one attached hydrogen (secondary N) is 1. The van der Waals surface area contributed by atoms with Crippen LogP contribution in [-0.2, 0) is 0 Å². The molecule has 0 bridgehead atoms. The molecule has 1 heterocycles. The number of hydrogen-bond donors (Lipinski definition) is 3. The fourth-order valence-electron chi connectivity index (χ4n) is 1.72. The Morgan fingerprint density at radius 3 is 2.61 bits per heavy atom.